The van der Waals surface area contributed by atoms with Crippen molar-refractivity contribution in [3.63, 3.8) is 0 Å². The number of imide groups is 1. The highest BCUT2D eigenvalue weighted by Crippen LogP contribution is 2.02. The van der Waals surface area contributed by atoms with E-state index >= 15 is 0 Å². The van der Waals surface area contributed by atoms with Crippen LogP contribution in [0.4, 0.5) is 4.79 Å². The standard InChI is InChI=1S/C11H14N2O3/c1-7-3-5-9(6-4-7)10(15)13-11(16)12-8(2)14/h3-6,8,14H,1-2H3,(H2,12,13,15,16). The van der Waals surface area contributed by atoms with Crippen LogP contribution >= 0.6 is 0 Å². The molecule has 3 N–H and O–H groups in total. The van der Waals surface area contributed by atoms with E-state index in [1.54, 1.807) is 24.3 Å². The van der Waals surface area contributed by atoms with E-state index in [4.69, 9.17) is 5.11 Å². The van der Waals surface area contributed by atoms with Crippen molar-refractivity contribution in [1.29, 1.82) is 0 Å². The molecule has 0 fully saturated rings. The summed E-state index contributed by atoms with van der Waals surface area (Å²) < 4.78 is 0. The molecule has 1 aromatic carbocycles. The van der Waals surface area contributed by atoms with E-state index in [1.807, 2.05) is 6.92 Å². The highest BCUT2D eigenvalue weighted by molar-refractivity contribution is 6.04. The summed E-state index contributed by atoms with van der Waals surface area (Å²) >= 11 is 0. The molecule has 0 spiro atoms. The maximum atomic E-state index is 11.5. The number of aliphatic hydroxyl groups excluding tert-OH is 1. The average molecular weight is 222 g/mol. The van der Waals surface area contributed by atoms with Crippen LogP contribution in [0.2, 0.25) is 0 Å². The maximum absolute atomic E-state index is 11.5. The zero-order valence-electron chi connectivity index (χ0n) is 9.15. The van der Waals surface area contributed by atoms with Crippen molar-refractivity contribution in [2.45, 2.75) is 20.1 Å². The number of aryl methyl sites for hydroxylation is 1. The average Bonchev–Trinajstić information content (AvgIpc) is 2.16. The van der Waals surface area contributed by atoms with Crippen LogP contribution in [-0.4, -0.2) is 23.3 Å². The van der Waals surface area contributed by atoms with E-state index in [1.165, 1.54) is 6.92 Å². The van der Waals surface area contributed by atoms with Crippen molar-refractivity contribution in [2.75, 3.05) is 0 Å². The molecular weight excluding hydrogens is 208 g/mol. The van der Waals surface area contributed by atoms with Crippen molar-refractivity contribution in [2.24, 2.45) is 0 Å². The Bertz CT molecular complexity index is 385. The van der Waals surface area contributed by atoms with Crippen LogP contribution < -0.4 is 10.6 Å². The van der Waals surface area contributed by atoms with Crippen LogP contribution in [0.1, 0.15) is 22.8 Å². The second-order valence-corrected chi connectivity index (χ2v) is 3.47. The van der Waals surface area contributed by atoms with Gasteiger partial charge in [-0.05, 0) is 26.0 Å². The number of aliphatic hydroxyl groups is 1. The van der Waals surface area contributed by atoms with E-state index < -0.39 is 18.2 Å². The molecule has 1 aromatic rings. The second-order valence-electron chi connectivity index (χ2n) is 3.47. The van der Waals surface area contributed by atoms with Gasteiger partial charge < -0.3 is 10.4 Å². The number of carbonyl (C=O) groups excluding carboxylic acids is 2. The summed E-state index contributed by atoms with van der Waals surface area (Å²) in [7, 11) is 0. The summed E-state index contributed by atoms with van der Waals surface area (Å²) in [6.07, 6.45) is -0.995. The smallest absolute Gasteiger partial charge is 0.323 e. The third-order valence-corrected chi connectivity index (χ3v) is 1.88. The van der Waals surface area contributed by atoms with E-state index in [-0.39, 0.29) is 0 Å². The SMILES string of the molecule is Cc1ccc(C(=O)NC(=O)NC(C)O)cc1. The second kappa shape index (κ2) is 5.27. The van der Waals surface area contributed by atoms with Crippen LogP contribution in [-0.2, 0) is 0 Å². The molecule has 0 heterocycles. The zero-order valence-corrected chi connectivity index (χ0v) is 9.15. The molecule has 3 amide bonds. The fourth-order valence-electron chi connectivity index (χ4n) is 1.11. The normalized spacial score (nSPS) is 11.7. The van der Waals surface area contributed by atoms with Gasteiger partial charge in [0, 0.05) is 5.56 Å². The zero-order chi connectivity index (χ0) is 12.1. The molecule has 5 nitrogen and oxygen atoms in total. The molecule has 0 radical (unpaired) electrons. The van der Waals surface area contributed by atoms with Crippen LogP contribution in [0.25, 0.3) is 0 Å². The minimum Gasteiger partial charge on any atom is -0.374 e. The molecule has 1 unspecified atom stereocenters. The quantitative estimate of drug-likeness (QED) is 0.647. The van der Waals surface area contributed by atoms with E-state index in [2.05, 4.69) is 10.6 Å². The summed E-state index contributed by atoms with van der Waals surface area (Å²) in [5.74, 6) is -0.502. The molecule has 0 aliphatic heterocycles. The maximum Gasteiger partial charge on any atom is 0.323 e. The number of hydrogen-bond acceptors (Lipinski definition) is 3. The summed E-state index contributed by atoms with van der Waals surface area (Å²) in [4.78, 5) is 22.6. The summed E-state index contributed by atoms with van der Waals surface area (Å²) in [5, 5.41) is 13.1. The molecule has 5 heteroatoms. The van der Waals surface area contributed by atoms with Crippen LogP contribution in [0.3, 0.4) is 0 Å². The van der Waals surface area contributed by atoms with Gasteiger partial charge in [-0.25, -0.2) is 4.79 Å². The Labute approximate surface area is 93.5 Å². The monoisotopic (exact) mass is 222 g/mol. The first kappa shape index (κ1) is 12.2. The predicted molar refractivity (Wildman–Crippen MR) is 58.9 cm³/mol. The van der Waals surface area contributed by atoms with Crippen molar-refractivity contribution in [3.8, 4) is 0 Å². The van der Waals surface area contributed by atoms with Crippen molar-refractivity contribution < 1.29 is 14.7 Å². The Kier molecular flexibility index (Phi) is 4.02. The number of amides is 3. The van der Waals surface area contributed by atoms with Crippen molar-refractivity contribution in [1.82, 2.24) is 10.6 Å². The van der Waals surface area contributed by atoms with Crippen LogP contribution in [0.5, 0.6) is 0 Å². The molecule has 1 atom stereocenters. The minimum atomic E-state index is -0.995. The molecule has 16 heavy (non-hydrogen) atoms. The van der Waals surface area contributed by atoms with Gasteiger partial charge in [0.15, 0.2) is 0 Å². The number of nitrogens with one attached hydrogen (secondary N) is 2. The third-order valence-electron chi connectivity index (χ3n) is 1.88. The van der Waals surface area contributed by atoms with Gasteiger partial charge in [0.2, 0.25) is 0 Å². The number of rotatable bonds is 2. The summed E-state index contributed by atoms with van der Waals surface area (Å²) in [6.45, 7) is 3.29. The van der Waals surface area contributed by atoms with Gasteiger partial charge >= 0.3 is 6.03 Å². The molecule has 1 rings (SSSR count). The number of benzene rings is 1. The van der Waals surface area contributed by atoms with Gasteiger partial charge in [-0.1, -0.05) is 17.7 Å². The number of urea groups is 1. The molecule has 0 saturated heterocycles. The van der Waals surface area contributed by atoms with Crippen molar-refractivity contribution >= 4 is 11.9 Å². The first-order valence-electron chi connectivity index (χ1n) is 4.85. The Morgan fingerprint density at radius 1 is 1.25 bits per heavy atom. The molecule has 0 aromatic heterocycles. The van der Waals surface area contributed by atoms with E-state index in [0.717, 1.165) is 5.56 Å². The molecule has 0 aliphatic carbocycles. The largest absolute Gasteiger partial charge is 0.374 e. The topological polar surface area (TPSA) is 78.4 Å². The van der Waals surface area contributed by atoms with Gasteiger partial charge in [0.05, 0.1) is 0 Å². The van der Waals surface area contributed by atoms with Gasteiger partial charge in [0.25, 0.3) is 5.91 Å². The highest BCUT2D eigenvalue weighted by atomic mass is 16.3. The lowest BCUT2D eigenvalue weighted by molar-refractivity contribution is 0.0956. The van der Waals surface area contributed by atoms with Gasteiger partial charge in [-0.2, -0.15) is 0 Å². The lowest BCUT2D eigenvalue weighted by Crippen LogP contribution is -2.43. The fraction of sp³-hybridized carbons (Fsp3) is 0.273. The molecule has 0 saturated carbocycles. The van der Waals surface area contributed by atoms with Gasteiger partial charge in [-0.3, -0.25) is 10.1 Å². The highest BCUT2D eigenvalue weighted by Gasteiger charge is 2.10. The van der Waals surface area contributed by atoms with Crippen molar-refractivity contribution in [3.05, 3.63) is 35.4 Å². The first-order chi connectivity index (χ1) is 7.49. The lowest BCUT2D eigenvalue weighted by Gasteiger charge is -2.08. The van der Waals surface area contributed by atoms with E-state index in [9.17, 15) is 9.59 Å². The number of hydrogen-bond donors (Lipinski definition) is 3. The van der Waals surface area contributed by atoms with Gasteiger partial charge in [-0.15, -0.1) is 0 Å². The minimum absolute atomic E-state index is 0.395. The molecule has 86 valence electrons. The molecular formula is C11H14N2O3. The fourth-order valence-corrected chi connectivity index (χ4v) is 1.11. The molecule has 0 aliphatic rings. The first-order valence-corrected chi connectivity index (χ1v) is 4.85. The third kappa shape index (κ3) is 3.70. The van der Waals surface area contributed by atoms with Gasteiger partial charge in [0.1, 0.15) is 6.23 Å². The summed E-state index contributed by atoms with van der Waals surface area (Å²) in [6, 6.07) is 6.09. The molecule has 0 bridgehead atoms. The van der Waals surface area contributed by atoms with Crippen LogP contribution in [0, 0.1) is 6.92 Å². The Morgan fingerprint density at radius 2 is 1.81 bits per heavy atom. The summed E-state index contributed by atoms with van der Waals surface area (Å²) in [5.41, 5.74) is 1.43. The lowest BCUT2D eigenvalue weighted by atomic mass is 10.1. The van der Waals surface area contributed by atoms with Crippen LogP contribution in [0.15, 0.2) is 24.3 Å². The Morgan fingerprint density at radius 3 is 2.31 bits per heavy atom. The van der Waals surface area contributed by atoms with E-state index in [0.29, 0.717) is 5.56 Å². The Balaban J connectivity index is 2.59. The predicted octanol–water partition coefficient (Wildman–Crippen LogP) is 0.773. The number of carbonyl (C=O) groups is 2. The Hall–Kier alpha value is -1.88.